The topological polar surface area (TPSA) is 40.5 Å². The van der Waals surface area contributed by atoms with Gasteiger partial charge in [0.15, 0.2) is 0 Å². The molecule has 1 aromatic rings. The third-order valence-corrected chi connectivity index (χ3v) is 3.60. The molecule has 0 bridgehead atoms. The SMILES string of the molecule is Cc1ccc(CN2CC[C@@H](C(=O)O)C2)cc1C. The number of carboxylic acids is 1. The maximum atomic E-state index is 10.9. The van der Waals surface area contributed by atoms with Gasteiger partial charge < -0.3 is 5.11 Å². The molecule has 0 aliphatic carbocycles. The average molecular weight is 233 g/mol. The second kappa shape index (κ2) is 4.88. The number of nitrogens with zero attached hydrogens (tertiary/aromatic N) is 1. The van der Waals surface area contributed by atoms with Crippen LogP contribution in [0.3, 0.4) is 0 Å². The molecule has 2 rings (SSSR count). The number of aryl methyl sites for hydroxylation is 2. The summed E-state index contributed by atoms with van der Waals surface area (Å²) in [7, 11) is 0. The molecule has 0 saturated carbocycles. The lowest BCUT2D eigenvalue weighted by Crippen LogP contribution is -2.22. The standard InChI is InChI=1S/C14H19NO2/c1-10-3-4-12(7-11(10)2)8-15-6-5-13(9-15)14(16)17/h3-4,7,13H,5-6,8-9H2,1-2H3,(H,16,17)/t13-/m1/s1. The second-order valence-electron chi connectivity index (χ2n) is 4.98. The van der Waals surface area contributed by atoms with Gasteiger partial charge in [0, 0.05) is 13.1 Å². The van der Waals surface area contributed by atoms with E-state index >= 15 is 0 Å². The number of benzene rings is 1. The van der Waals surface area contributed by atoms with Gasteiger partial charge in [-0.1, -0.05) is 18.2 Å². The summed E-state index contributed by atoms with van der Waals surface area (Å²) in [6.45, 7) is 6.66. The third kappa shape index (κ3) is 2.86. The normalized spacial score (nSPS) is 20.7. The van der Waals surface area contributed by atoms with Crippen LogP contribution in [0.15, 0.2) is 18.2 Å². The molecule has 0 amide bonds. The van der Waals surface area contributed by atoms with Gasteiger partial charge in [-0.2, -0.15) is 0 Å². The number of rotatable bonds is 3. The fourth-order valence-corrected chi connectivity index (χ4v) is 2.34. The minimum atomic E-state index is -0.660. The summed E-state index contributed by atoms with van der Waals surface area (Å²) in [4.78, 5) is 13.1. The Hall–Kier alpha value is -1.35. The van der Waals surface area contributed by atoms with Gasteiger partial charge in [-0.05, 0) is 43.5 Å². The Kier molecular flexibility index (Phi) is 3.48. The van der Waals surface area contributed by atoms with Crippen molar-refractivity contribution in [3.05, 3.63) is 34.9 Å². The molecule has 3 nitrogen and oxygen atoms in total. The maximum Gasteiger partial charge on any atom is 0.307 e. The van der Waals surface area contributed by atoms with Crippen LogP contribution in [-0.4, -0.2) is 29.1 Å². The van der Waals surface area contributed by atoms with E-state index in [4.69, 9.17) is 5.11 Å². The van der Waals surface area contributed by atoms with Crippen molar-refractivity contribution < 1.29 is 9.90 Å². The molecule has 1 heterocycles. The maximum absolute atomic E-state index is 10.9. The molecule has 17 heavy (non-hydrogen) atoms. The fraction of sp³-hybridized carbons (Fsp3) is 0.500. The van der Waals surface area contributed by atoms with Crippen LogP contribution in [0.25, 0.3) is 0 Å². The van der Waals surface area contributed by atoms with Crippen molar-refractivity contribution >= 4 is 5.97 Å². The second-order valence-corrected chi connectivity index (χ2v) is 4.98. The summed E-state index contributed by atoms with van der Waals surface area (Å²) < 4.78 is 0. The highest BCUT2D eigenvalue weighted by Crippen LogP contribution is 2.19. The molecule has 0 aromatic heterocycles. The highest BCUT2D eigenvalue weighted by atomic mass is 16.4. The van der Waals surface area contributed by atoms with Gasteiger partial charge in [0.25, 0.3) is 0 Å². The molecule has 0 unspecified atom stereocenters. The first-order chi connectivity index (χ1) is 8.06. The van der Waals surface area contributed by atoms with Crippen LogP contribution >= 0.6 is 0 Å². The van der Waals surface area contributed by atoms with E-state index in [-0.39, 0.29) is 5.92 Å². The summed E-state index contributed by atoms with van der Waals surface area (Å²) >= 11 is 0. The molecule has 3 heteroatoms. The van der Waals surface area contributed by atoms with Gasteiger partial charge in [0.05, 0.1) is 5.92 Å². The predicted octanol–water partition coefficient (Wildman–Crippen LogP) is 2.21. The van der Waals surface area contributed by atoms with E-state index in [2.05, 4.69) is 36.9 Å². The Morgan fingerprint density at radius 3 is 2.76 bits per heavy atom. The van der Waals surface area contributed by atoms with Gasteiger partial charge in [-0.25, -0.2) is 0 Å². The van der Waals surface area contributed by atoms with Gasteiger partial charge in [-0.15, -0.1) is 0 Å². The highest BCUT2D eigenvalue weighted by Gasteiger charge is 2.27. The summed E-state index contributed by atoms with van der Waals surface area (Å²) in [6.07, 6.45) is 0.778. The van der Waals surface area contributed by atoms with E-state index in [1.54, 1.807) is 0 Å². The molecule has 1 N–H and O–H groups in total. The van der Waals surface area contributed by atoms with Crippen molar-refractivity contribution in [2.24, 2.45) is 5.92 Å². The molecule has 92 valence electrons. The number of hydrogen-bond donors (Lipinski definition) is 1. The van der Waals surface area contributed by atoms with Crippen molar-refractivity contribution in [1.82, 2.24) is 4.90 Å². The third-order valence-electron chi connectivity index (χ3n) is 3.60. The van der Waals surface area contributed by atoms with Crippen LogP contribution in [0.1, 0.15) is 23.1 Å². The van der Waals surface area contributed by atoms with Gasteiger partial charge >= 0.3 is 5.97 Å². The molecule has 1 aromatic carbocycles. The summed E-state index contributed by atoms with van der Waals surface area (Å²) in [5.74, 6) is -0.839. The first-order valence-corrected chi connectivity index (χ1v) is 6.07. The number of likely N-dealkylation sites (tertiary alicyclic amines) is 1. The average Bonchev–Trinajstić information content (AvgIpc) is 2.72. The van der Waals surface area contributed by atoms with Gasteiger partial charge in [0.1, 0.15) is 0 Å². The minimum Gasteiger partial charge on any atom is -0.481 e. The smallest absolute Gasteiger partial charge is 0.307 e. The van der Waals surface area contributed by atoms with E-state index in [9.17, 15) is 4.79 Å². The summed E-state index contributed by atoms with van der Waals surface area (Å²) in [6, 6.07) is 6.47. The van der Waals surface area contributed by atoms with Crippen molar-refractivity contribution in [2.45, 2.75) is 26.8 Å². The highest BCUT2D eigenvalue weighted by molar-refractivity contribution is 5.70. The van der Waals surface area contributed by atoms with E-state index in [1.165, 1.54) is 16.7 Å². The Morgan fingerprint density at radius 2 is 2.18 bits per heavy atom. The molecule has 1 fully saturated rings. The quantitative estimate of drug-likeness (QED) is 0.870. The zero-order chi connectivity index (χ0) is 12.4. The Balaban J connectivity index is 1.98. The van der Waals surface area contributed by atoms with Crippen molar-refractivity contribution in [3.63, 3.8) is 0 Å². The summed E-state index contributed by atoms with van der Waals surface area (Å²) in [5.41, 5.74) is 3.88. The van der Waals surface area contributed by atoms with Gasteiger partial charge in [0.2, 0.25) is 0 Å². The predicted molar refractivity (Wildman–Crippen MR) is 66.9 cm³/mol. The molecule has 1 saturated heterocycles. The van der Waals surface area contributed by atoms with Crippen LogP contribution in [0.2, 0.25) is 0 Å². The lowest BCUT2D eigenvalue weighted by molar-refractivity contribution is -0.141. The number of aliphatic carboxylic acids is 1. The lowest BCUT2D eigenvalue weighted by Gasteiger charge is -2.16. The van der Waals surface area contributed by atoms with E-state index in [1.807, 2.05) is 0 Å². The van der Waals surface area contributed by atoms with Crippen LogP contribution < -0.4 is 0 Å². The van der Waals surface area contributed by atoms with Crippen LogP contribution in [0.5, 0.6) is 0 Å². The monoisotopic (exact) mass is 233 g/mol. The van der Waals surface area contributed by atoms with Crippen LogP contribution in [0, 0.1) is 19.8 Å². The first-order valence-electron chi connectivity index (χ1n) is 6.07. The van der Waals surface area contributed by atoms with Crippen LogP contribution in [0.4, 0.5) is 0 Å². The number of carboxylic acid groups (broad SMARTS) is 1. The fourth-order valence-electron chi connectivity index (χ4n) is 2.34. The zero-order valence-electron chi connectivity index (χ0n) is 10.4. The van der Waals surface area contributed by atoms with Crippen molar-refractivity contribution in [3.8, 4) is 0 Å². The van der Waals surface area contributed by atoms with E-state index in [0.29, 0.717) is 6.54 Å². The molecule has 1 aliphatic rings. The Morgan fingerprint density at radius 1 is 1.41 bits per heavy atom. The first kappa shape index (κ1) is 12.1. The van der Waals surface area contributed by atoms with Crippen LogP contribution in [-0.2, 0) is 11.3 Å². The van der Waals surface area contributed by atoms with Gasteiger partial charge in [-0.3, -0.25) is 9.69 Å². The number of hydrogen-bond acceptors (Lipinski definition) is 2. The molecular weight excluding hydrogens is 214 g/mol. The van der Waals surface area contributed by atoms with E-state index in [0.717, 1.165) is 19.5 Å². The minimum absolute atomic E-state index is 0.179. The largest absolute Gasteiger partial charge is 0.481 e. The Bertz CT molecular complexity index is 428. The number of carbonyl (C=O) groups is 1. The summed E-state index contributed by atoms with van der Waals surface area (Å²) in [5, 5.41) is 8.95. The van der Waals surface area contributed by atoms with E-state index < -0.39 is 5.97 Å². The van der Waals surface area contributed by atoms with Crippen molar-refractivity contribution in [2.75, 3.05) is 13.1 Å². The molecular formula is C14H19NO2. The molecule has 1 atom stereocenters. The molecule has 0 spiro atoms. The molecule has 1 aliphatic heterocycles. The van der Waals surface area contributed by atoms with Crippen molar-refractivity contribution in [1.29, 1.82) is 0 Å². The molecule has 0 radical (unpaired) electrons. The zero-order valence-corrected chi connectivity index (χ0v) is 10.4. The Labute approximate surface area is 102 Å². The lowest BCUT2D eigenvalue weighted by atomic mass is 10.1.